The van der Waals surface area contributed by atoms with Crippen molar-refractivity contribution in [3.63, 3.8) is 0 Å². The molecule has 0 radical (unpaired) electrons. The van der Waals surface area contributed by atoms with Crippen LogP contribution in [0, 0.1) is 0 Å². The third-order valence-corrected chi connectivity index (χ3v) is 3.73. The van der Waals surface area contributed by atoms with Gasteiger partial charge in [0, 0.05) is 17.1 Å². The largest absolute Gasteiger partial charge is 0.463 e. The van der Waals surface area contributed by atoms with Gasteiger partial charge in [-0.1, -0.05) is 18.2 Å². The maximum atomic E-state index is 12.3. The lowest BCUT2D eigenvalue weighted by Crippen LogP contribution is -2.45. The minimum atomic E-state index is -0.562. The summed E-state index contributed by atoms with van der Waals surface area (Å²) in [6.45, 7) is 1.67. The van der Waals surface area contributed by atoms with Gasteiger partial charge in [0.05, 0.1) is 30.0 Å². The van der Waals surface area contributed by atoms with Crippen molar-refractivity contribution in [2.45, 2.75) is 6.92 Å². The van der Waals surface area contributed by atoms with E-state index in [2.05, 4.69) is 15.6 Å². The molecule has 2 aromatic rings. The van der Waals surface area contributed by atoms with Crippen molar-refractivity contribution in [1.29, 1.82) is 0 Å². The van der Waals surface area contributed by atoms with Crippen molar-refractivity contribution >= 4 is 28.9 Å². The molecule has 0 unspecified atom stereocenters. The summed E-state index contributed by atoms with van der Waals surface area (Å²) in [5.41, 5.74) is 1.65. The number of carbonyl (C=O) groups is 3. The van der Waals surface area contributed by atoms with E-state index in [0.29, 0.717) is 5.56 Å². The molecule has 0 saturated carbocycles. The molecule has 0 saturated heterocycles. The van der Waals surface area contributed by atoms with Gasteiger partial charge < -0.3 is 25.1 Å². The average molecular weight is 343 g/mol. The van der Waals surface area contributed by atoms with Gasteiger partial charge in [-0.15, -0.1) is 0 Å². The van der Waals surface area contributed by atoms with Crippen molar-refractivity contribution in [3.8, 4) is 0 Å². The number of nitrogens with one attached hydrogen (secondary N) is 3. The molecule has 1 aromatic heterocycles. The Balaban J connectivity index is 1.77. The van der Waals surface area contributed by atoms with E-state index in [0.717, 1.165) is 10.9 Å². The topological polar surface area (TPSA) is 110 Å². The number of urea groups is 1. The number of fused-ring (bicyclic) bond motifs is 1. The highest BCUT2D eigenvalue weighted by Gasteiger charge is 2.25. The fourth-order valence-corrected chi connectivity index (χ4v) is 2.52. The van der Waals surface area contributed by atoms with Crippen molar-refractivity contribution in [2.24, 2.45) is 0 Å². The number of benzene rings is 1. The third-order valence-electron chi connectivity index (χ3n) is 3.73. The molecule has 0 fully saturated rings. The Morgan fingerprint density at radius 3 is 2.76 bits per heavy atom. The molecule has 8 nitrogen and oxygen atoms in total. The number of esters is 2. The molecule has 8 heteroatoms. The fraction of sp³-hybridized carbons (Fsp3) is 0.235. The van der Waals surface area contributed by atoms with E-state index >= 15 is 0 Å². The summed E-state index contributed by atoms with van der Waals surface area (Å²) in [6.07, 6.45) is 1.56. The van der Waals surface area contributed by atoms with Crippen LogP contribution in [0.4, 0.5) is 4.79 Å². The zero-order chi connectivity index (χ0) is 17.8. The minimum absolute atomic E-state index is 0.0185. The van der Waals surface area contributed by atoms with Gasteiger partial charge in [-0.25, -0.2) is 14.4 Å². The van der Waals surface area contributed by atoms with Crippen molar-refractivity contribution in [2.75, 3.05) is 19.8 Å². The van der Waals surface area contributed by atoms with E-state index in [4.69, 9.17) is 9.47 Å². The molecular formula is C17H17N3O5. The Kier molecular flexibility index (Phi) is 4.69. The molecule has 130 valence electrons. The summed E-state index contributed by atoms with van der Waals surface area (Å²) >= 11 is 0. The maximum absolute atomic E-state index is 12.3. The van der Waals surface area contributed by atoms with Crippen LogP contribution in [0.1, 0.15) is 17.3 Å². The molecule has 2 heterocycles. The highest BCUT2D eigenvalue weighted by atomic mass is 16.5. The summed E-state index contributed by atoms with van der Waals surface area (Å²) in [4.78, 5) is 38.8. The SMILES string of the molecule is CCOC(=O)C1=C(COC(=O)c2c[nH]c3ccccc23)NC(=O)NC1. The van der Waals surface area contributed by atoms with Crippen molar-refractivity contribution < 1.29 is 23.9 Å². The summed E-state index contributed by atoms with van der Waals surface area (Å²) in [7, 11) is 0. The normalized spacial score (nSPS) is 14.0. The Bertz CT molecular complexity index is 868. The molecule has 3 rings (SSSR count). The van der Waals surface area contributed by atoms with E-state index < -0.39 is 18.0 Å². The number of H-pyrrole nitrogens is 1. The smallest absolute Gasteiger partial charge is 0.340 e. The zero-order valence-corrected chi connectivity index (χ0v) is 13.5. The molecule has 0 spiro atoms. The summed E-state index contributed by atoms with van der Waals surface area (Å²) in [6, 6.07) is 6.86. The van der Waals surface area contributed by atoms with Crippen LogP contribution < -0.4 is 10.6 Å². The van der Waals surface area contributed by atoms with Gasteiger partial charge in [0.1, 0.15) is 6.61 Å². The molecule has 0 bridgehead atoms. The minimum Gasteiger partial charge on any atom is -0.463 e. The van der Waals surface area contributed by atoms with E-state index in [-0.39, 0.29) is 31.0 Å². The van der Waals surface area contributed by atoms with E-state index in [1.165, 1.54) is 0 Å². The number of carbonyl (C=O) groups excluding carboxylic acids is 3. The maximum Gasteiger partial charge on any atom is 0.340 e. The van der Waals surface area contributed by atoms with Crippen molar-refractivity contribution in [1.82, 2.24) is 15.6 Å². The van der Waals surface area contributed by atoms with Crippen LogP contribution >= 0.6 is 0 Å². The second kappa shape index (κ2) is 7.08. The van der Waals surface area contributed by atoms with Crippen LogP contribution in [0.25, 0.3) is 10.9 Å². The highest BCUT2D eigenvalue weighted by Crippen LogP contribution is 2.19. The van der Waals surface area contributed by atoms with Gasteiger partial charge in [-0.3, -0.25) is 0 Å². The molecular weight excluding hydrogens is 326 g/mol. The second-order valence-electron chi connectivity index (χ2n) is 5.31. The molecule has 1 aliphatic heterocycles. The second-order valence-corrected chi connectivity index (χ2v) is 5.31. The lowest BCUT2D eigenvalue weighted by Gasteiger charge is -2.21. The Labute approximate surface area is 143 Å². The lowest BCUT2D eigenvalue weighted by molar-refractivity contribution is -0.138. The van der Waals surface area contributed by atoms with E-state index in [1.54, 1.807) is 19.2 Å². The standard InChI is InChI=1S/C17H17N3O5/c1-2-24-16(22)12-8-19-17(23)20-14(12)9-25-15(21)11-7-18-13-6-4-3-5-10(11)13/h3-7,18H,2,8-9H2,1H3,(H2,19,20,23). The van der Waals surface area contributed by atoms with E-state index in [9.17, 15) is 14.4 Å². The number of amides is 2. The van der Waals surface area contributed by atoms with Gasteiger partial charge in [0.25, 0.3) is 0 Å². The molecule has 1 aliphatic rings. The van der Waals surface area contributed by atoms with Crippen LogP contribution in [0.5, 0.6) is 0 Å². The number of hydrogen-bond acceptors (Lipinski definition) is 5. The monoisotopic (exact) mass is 343 g/mol. The summed E-state index contributed by atoms with van der Waals surface area (Å²) in [5, 5.41) is 5.71. The predicted molar refractivity (Wildman–Crippen MR) is 88.8 cm³/mol. The first-order chi connectivity index (χ1) is 12.1. The van der Waals surface area contributed by atoms with Crippen LogP contribution in [-0.2, 0) is 14.3 Å². The highest BCUT2D eigenvalue weighted by molar-refractivity contribution is 6.04. The number of hydrogen-bond donors (Lipinski definition) is 3. The number of aromatic amines is 1. The van der Waals surface area contributed by atoms with Gasteiger partial charge in [-0.2, -0.15) is 0 Å². The number of aromatic nitrogens is 1. The van der Waals surface area contributed by atoms with Crippen LogP contribution in [0.15, 0.2) is 41.7 Å². The van der Waals surface area contributed by atoms with Gasteiger partial charge in [0.15, 0.2) is 0 Å². The van der Waals surface area contributed by atoms with Crippen molar-refractivity contribution in [3.05, 3.63) is 47.3 Å². The first kappa shape index (κ1) is 16.6. The molecule has 0 atom stereocenters. The quantitative estimate of drug-likeness (QED) is 0.712. The van der Waals surface area contributed by atoms with Crippen LogP contribution in [0.3, 0.4) is 0 Å². The Morgan fingerprint density at radius 2 is 1.96 bits per heavy atom. The third kappa shape index (κ3) is 3.47. The Morgan fingerprint density at radius 1 is 1.16 bits per heavy atom. The molecule has 25 heavy (non-hydrogen) atoms. The predicted octanol–water partition coefficient (Wildman–Crippen LogP) is 1.45. The average Bonchev–Trinajstić information content (AvgIpc) is 3.04. The molecule has 2 amide bonds. The van der Waals surface area contributed by atoms with Gasteiger partial charge >= 0.3 is 18.0 Å². The summed E-state index contributed by atoms with van der Waals surface area (Å²) < 4.78 is 10.2. The first-order valence-corrected chi connectivity index (χ1v) is 7.77. The van der Waals surface area contributed by atoms with Crippen LogP contribution in [0.2, 0.25) is 0 Å². The van der Waals surface area contributed by atoms with Crippen LogP contribution in [-0.4, -0.2) is 42.7 Å². The fourth-order valence-electron chi connectivity index (χ4n) is 2.52. The van der Waals surface area contributed by atoms with Gasteiger partial charge in [-0.05, 0) is 13.0 Å². The van der Waals surface area contributed by atoms with Gasteiger partial charge in [0.2, 0.25) is 0 Å². The summed E-state index contributed by atoms with van der Waals surface area (Å²) in [5.74, 6) is -1.12. The first-order valence-electron chi connectivity index (χ1n) is 7.77. The number of ether oxygens (including phenoxy) is 2. The van der Waals surface area contributed by atoms with E-state index in [1.807, 2.05) is 18.2 Å². The molecule has 3 N–H and O–H groups in total. The zero-order valence-electron chi connectivity index (χ0n) is 13.5. The number of rotatable bonds is 5. The lowest BCUT2D eigenvalue weighted by atomic mass is 10.1. The Hall–Kier alpha value is -3.29. The molecule has 0 aliphatic carbocycles. The molecule has 1 aromatic carbocycles. The number of para-hydroxylation sites is 1.